The molecule has 7 nitrogen and oxygen atoms in total. The average Bonchev–Trinajstić information content (AvgIpc) is 2.55. The van der Waals surface area contributed by atoms with Gasteiger partial charge >= 0.3 is 0 Å². The fourth-order valence-electron chi connectivity index (χ4n) is 2.70. The van der Waals surface area contributed by atoms with E-state index in [1.54, 1.807) is 12.1 Å². The second kappa shape index (κ2) is 7.83. The second-order valence-corrected chi connectivity index (χ2v) is 5.93. The number of rotatable bonds is 5. The van der Waals surface area contributed by atoms with E-state index in [4.69, 9.17) is 9.47 Å². The lowest BCUT2D eigenvalue weighted by Crippen LogP contribution is -2.52. The van der Waals surface area contributed by atoms with E-state index in [0.717, 1.165) is 0 Å². The maximum absolute atomic E-state index is 10.8. The van der Waals surface area contributed by atoms with Gasteiger partial charge in [-0.2, -0.15) is 0 Å². The van der Waals surface area contributed by atoms with Crippen molar-refractivity contribution in [3.05, 3.63) is 41.1 Å². The van der Waals surface area contributed by atoms with E-state index in [9.17, 15) is 15.4 Å². The monoisotopic (exact) mass is 324 g/mol. The predicted molar refractivity (Wildman–Crippen MR) is 82.3 cm³/mol. The molecular formula is C16H24N2O5. The van der Waals surface area contributed by atoms with Crippen LogP contribution in [-0.4, -0.2) is 47.4 Å². The Balaban J connectivity index is 2.11. The Morgan fingerprint density at radius 1 is 1.30 bits per heavy atom. The lowest BCUT2D eigenvalue weighted by atomic mass is 9.82. The molecule has 128 valence electrons. The van der Waals surface area contributed by atoms with Crippen molar-refractivity contribution in [2.45, 2.75) is 38.4 Å². The number of hydrogen-bond donors (Lipinski definition) is 2. The number of benzene rings is 1. The Morgan fingerprint density at radius 3 is 2.57 bits per heavy atom. The topological polar surface area (TPSA) is 97.4 Å². The van der Waals surface area contributed by atoms with E-state index in [2.05, 4.69) is 5.11 Å². The SMILES string of the molecule is CC1C(OCN=[N+](C)[O-])OC([C@@H](O)c2ccccc2)C(O)C1C. The number of hydrogen-bond acceptors (Lipinski definition) is 6. The van der Waals surface area contributed by atoms with Gasteiger partial charge in [0.2, 0.25) is 6.73 Å². The van der Waals surface area contributed by atoms with Gasteiger partial charge in [-0.3, -0.25) is 0 Å². The Labute approximate surface area is 135 Å². The third kappa shape index (κ3) is 4.26. The highest BCUT2D eigenvalue weighted by Crippen LogP contribution is 2.36. The first-order valence-corrected chi connectivity index (χ1v) is 7.68. The van der Waals surface area contributed by atoms with E-state index >= 15 is 0 Å². The minimum atomic E-state index is -0.966. The van der Waals surface area contributed by atoms with Crippen LogP contribution < -0.4 is 0 Å². The van der Waals surface area contributed by atoms with Crippen LogP contribution in [0, 0.1) is 17.0 Å². The van der Waals surface area contributed by atoms with Crippen LogP contribution >= 0.6 is 0 Å². The minimum absolute atomic E-state index is 0.101. The predicted octanol–water partition coefficient (Wildman–Crippen LogP) is 1.64. The summed E-state index contributed by atoms with van der Waals surface area (Å²) in [4.78, 5) is 0.419. The summed E-state index contributed by atoms with van der Waals surface area (Å²) in [6, 6.07) is 9.04. The molecular weight excluding hydrogens is 300 g/mol. The lowest BCUT2D eigenvalue weighted by Gasteiger charge is -2.43. The first-order valence-electron chi connectivity index (χ1n) is 7.68. The maximum atomic E-state index is 10.8. The molecule has 1 heterocycles. The molecule has 0 radical (unpaired) electrons. The summed E-state index contributed by atoms with van der Waals surface area (Å²) in [6.45, 7) is 3.65. The fourth-order valence-corrected chi connectivity index (χ4v) is 2.70. The molecule has 0 spiro atoms. The zero-order chi connectivity index (χ0) is 17.0. The number of hydroxylamine groups is 1. The average molecular weight is 324 g/mol. The first-order chi connectivity index (χ1) is 10.9. The van der Waals surface area contributed by atoms with Crippen molar-refractivity contribution < 1.29 is 24.5 Å². The molecule has 0 bridgehead atoms. The van der Waals surface area contributed by atoms with Crippen LogP contribution in [0.2, 0.25) is 0 Å². The molecule has 5 unspecified atom stereocenters. The third-order valence-corrected chi connectivity index (χ3v) is 4.37. The van der Waals surface area contributed by atoms with Crippen LogP contribution in [0.1, 0.15) is 25.5 Å². The van der Waals surface area contributed by atoms with E-state index < -0.39 is 24.6 Å². The van der Waals surface area contributed by atoms with Crippen molar-refractivity contribution in [1.82, 2.24) is 0 Å². The molecule has 0 saturated carbocycles. The molecule has 2 N–H and O–H groups in total. The summed E-state index contributed by atoms with van der Waals surface area (Å²) in [6.07, 6.45) is -3.25. The van der Waals surface area contributed by atoms with Gasteiger partial charge in [0, 0.05) is 5.92 Å². The molecule has 0 aromatic heterocycles. The van der Waals surface area contributed by atoms with Crippen LogP contribution in [0.3, 0.4) is 0 Å². The number of ether oxygens (including phenoxy) is 2. The van der Waals surface area contributed by atoms with Crippen LogP contribution in [0.5, 0.6) is 0 Å². The standard InChI is InChI=1S/C16H24N2O5/c1-10-11(2)16(22-9-17-18(3)21)23-15(13(10)19)14(20)12-7-5-4-6-8-12/h4-8,10-11,13-16,19-20H,9H2,1-3H3/t10?,11?,13?,14-,15?,16?/m0/s1. The first kappa shape index (κ1) is 17.8. The molecule has 7 heteroatoms. The smallest absolute Gasteiger partial charge is 0.203 e. The molecule has 1 aliphatic heterocycles. The van der Waals surface area contributed by atoms with Crippen molar-refractivity contribution in [2.24, 2.45) is 17.0 Å². The van der Waals surface area contributed by atoms with E-state index in [0.29, 0.717) is 10.4 Å². The molecule has 0 aliphatic carbocycles. The Bertz CT molecular complexity index is 520. The molecule has 1 saturated heterocycles. The van der Waals surface area contributed by atoms with Crippen molar-refractivity contribution in [2.75, 3.05) is 13.8 Å². The van der Waals surface area contributed by atoms with Gasteiger partial charge in [-0.05, 0) is 16.6 Å². The summed E-state index contributed by atoms with van der Waals surface area (Å²) >= 11 is 0. The van der Waals surface area contributed by atoms with Crippen molar-refractivity contribution in [3.8, 4) is 0 Å². The number of azo groups is 1. The van der Waals surface area contributed by atoms with Crippen molar-refractivity contribution in [1.29, 1.82) is 0 Å². The lowest BCUT2D eigenvalue weighted by molar-refractivity contribution is -0.505. The van der Waals surface area contributed by atoms with Gasteiger partial charge in [-0.25, -0.2) is 0 Å². The molecule has 1 aromatic rings. The van der Waals surface area contributed by atoms with Gasteiger partial charge in [-0.15, -0.1) is 0 Å². The second-order valence-electron chi connectivity index (χ2n) is 5.93. The van der Waals surface area contributed by atoms with Gasteiger partial charge < -0.3 is 24.9 Å². The summed E-state index contributed by atoms with van der Waals surface area (Å²) in [5, 5.41) is 35.3. The summed E-state index contributed by atoms with van der Waals surface area (Å²) in [5.41, 5.74) is 0.668. The van der Waals surface area contributed by atoms with E-state index in [1.165, 1.54) is 7.05 Å². The number of nitrogens with zero attached hydrogens (tertiary/aromatic N) is 2. The Kier molecular flexibility index (Phi) is 6.06. The minimum Gasteiger partial charge on any atom is -0.600 e. The highest BCUT2D eigenvalue weighted by atomic mass is 16.7. The van der Waals surface area contributed by atoms with Gasteiger partial charge in [0.05, 0.1) is 6.10 Å². The van der Waals surface area contributed by atoms with E-state index in [1.807, 2.05) is 32.0 Å². The highest BCUT2D eigenvalue weighted by molar-refractivity contribution is 5.19. The summed E-state index contributed by atoms with van der Waals surface area (Å²) < 4.78 is 11.3. The normalized spacial score (nSPS) is 33.4. The van der Waals surface area contributed by atoms with Crippen molar-refractivity contribution in [3.63, 3.8) is 0 Å². The molecule has 1 aliphatic rings. The molecule has 1 aromatic carbocycles. The molecule has 2 rings (SSSR count). The van der Waals surface area contributed by atoms with Crippen LogP contribution in [0.4, 0.5) is 0 Å². The Morgan fingerprint density at radius 2 is 1.96 bits per heavy atom. The van der Waals surface area contributed by atoms with E-state index in [-0.39, 0.29) is 18.6 Å². The highest BCUT2D eigenvalue weighted by Gasteiger charge is 2.44. The largest absolute Gasteiger partial charge is 0.600 e. The quantitative estimate of drug-likeness (QED) is 0.487. The van der Waals surface area contributed by atoms with Gasteiger partial charge in [0.25, 0.3) is 0 Å². The summed E-state index contributed by atoms with van der Waals surface area (Å²) in [5.74, 6) is -0.238. The maximum Gasteiger partial charge on any atom is 0.203 e. The zero-order valence-corrected chi connectivity index (χ0v) is 13.6. The fraction of sp³-hybridized carbons (Fsp3) is 0.625. The van der Waals surface area contributed by atoms with Gasteiger partial charge in [0.1, 0.15) is 12.2 Å². The molecule has 1 fully saturated rings. The number of aliphatic hydroxyl groups excluding tert-OH is 2. The van der Waals surface area contributed by atoms with Crippen LogP contribution in [-0.2, 0) is 9.47 Å². The zero-order valence-electron chi connectivity index (χ0n) is 13.6. The summed E-state index contributed by atoms with van der Waals surface area (Å²) in [7, 11) is 1.27. The van der Waals surface area contributed by atoms with Crippen LogP contribution in [0.25, 0.3) is 0 Å². The molecule has 0 amide bonds. The molecule has 6 atom stereocenters. The van der Waals surface area contributed by atoms with Crippen molar-refractivity contribution >= 4 is 0 Å². The Hall–Kier alpha value is -1.54. The molecule has 23 heavy (non-hydrogen) atoms. The van der Waals surface area contributed by atoms with Gasteiger partial charge in [0.15, 0.2) is 13.3 Å². The van der Waals surface area contributed by atoms with Gasteiger partial charge in [-0.1, -0.05) is 49.0 Å². The van der Waals surface area contributed by atoms with Crippen LogP contribution in [0.15, 0.2) is 35.4 Å². The number of aliphatic hydroxyl groups is 2. The third-order valence-electron chi connectivity index (χ3n) is 4.37.